The van der Waals surface area contributed by atoms with Crippen LogP contribution in [0.25, 0.3) is 0 Å². The lowest BCUT2D eigenvalue weighted by atomic mass is 10.0. The average Bonchev–Trinajstić information content (AvgIpc) is 2.65. The third-order valence-electron chi connectivity index (χ3n) is 3.25. The third-order valence-corrected chi connectivity index (χ3v) is 3.25. The third kappa shape index (κ3) is 2.96. The molecule has 2 atom stereocenters. The number of aryl methyl sites for hydroxylation is 1. The fraction of sp³-hybridized carbons (Fsp3) is 0.600. The molecule has 0 spiro atoms. The highest BCUT2D eigenvalue weighted by atomic mass is 16.5. The predicted octanol–water partition coefficient (Wildman–Crippen LogP) is 2.69. The maximum absolute atomic E-state index is 5.83. The fourth-order valence-electron chi connectivity index (χ4n) is 2.35. The molecule has 0 aliphatic carbocycles. The lowest BCUT2D eigenvalue weighted by Gasteiger charge is -2.13. The van der Waals surface area contributed by atoms with Crippen LogP contribution in [-0.4, -0.2) is 18.8 Å². The van der Waals surface area contributed by atoms with E-state index in [-0.39, 0.29) is 12.1 Å². The van der Waals surface area contributed by atoms with Crippen LogP contribution < -0.4 is 15.2 Å². The average molecular weight is 249 g/mol. The van der Waals surface area contributed by atoms with Gasteiger partial charge in [0.2, 0.25) is 0 Å². The van der Waals surface area contributed by atoms with Crippen LogP contribution in [0.5, 0.6) is 11.5 Å². The summed E-state index contributed by atoms with van der Waals surface area (Å²) in [5.74, 6) is 2.01. The minimum atomic E-state index is 0.215. The molecule has 2 unspecified atom stereocenters. The van der Waals surface area contributed by atoms with Crippen LogP contribution in [0.15, 0.2) is 12.1 Å². The van der Waals surface area contributed by atoms with E-state index in [1.165, 1.54) is 11.1 Å². The minimum absolute atomic E-state index is 0.215. The van der Waals surface area contributed by atoms with Crippen molar-refractivity contribution < 1.29 is 9.47 Å². The van der Waals surface area contributed by atoms with Crippen molar-refractivity contribution in [3.05, 3.63) is 23.3 Å². The maximum atomic E-state index is 5.83. The first-order valence-electron chi connectivity index (χ1n) is 6.81. The first-order chi connectivity index (χ1) is 8.60. The Morgan fingerprint density at radius 2 is 2.28 bits per heavy atom. The Balaban J connectivity index is 2.23. The Labute approximate surface area is 109 Å². The van der Waals surface area contributed by atoms with Crippen molar-refractivity contribution in [1.82, 2.24) is 0 Å². The zero-order valence-corrected chi connectivity index (χ0v) is 11.5. The number of nitrogens with two attached hydrogens (primary N) is 1. The standard InChI is InChI=1S/C15H23NO2/c1-4-17-14-9-13-7-11(3)18-15(13)8-12(14)6-5-10(2)16/h8-11H,4-7,16H2,1-3H3. The van der Waals surface area contributed by atoms with Crippen LogP contribution in [0.3, 0.4) is 0 Å². The van der Waals surface area contributed by atoms with Crippen molar-refractivity contribution in [3.8, 4) is 11.5 Å². The highest BCUT2D eigenvalue weighted by molar-refractivity contribution is 5.48. The molecule has 2 rings (SSSR count). The van der Waals surface area contributed by atoms with Gasteiger partial charge in [-0.2, -0.15) is 0 Å². The molecule has 1 aliphatic rings. The van der Waals surface area contributed by atoms with Gasteiger partial charge in [0.25, 0.3) is 0 Å². The molecule has 0 amide bonds. The Hall–Kier alpha value is -1.22. The summed E-state index contributed by atoms with van der Waals surface area (Å²) in [7, 11) is 0. The van der Waals surface area contributed by atoms with Crippen LogP contribution in [-0.2, 0) is 12.8 Å². The van der Waals surface area contributed by atoms with Crippen LogP contribution >= 0.6 is 0 Å². The second kappa shape index (κ2) is 5.61. The van der Waals surface area contributed by atoms with Gasteiger partial charge in [-0.05, 0) is 51.3 Å². The van der Waals surface area contributed by atoms with Gasteiger partial charge in [0, 0.05) is 18.0 Å². The Bertz CT molecular complexity index is 415. The van der Waals surface area contributed by atoms with E-state index in [1.807, 2.05) is 13.8 Å². The molecule has 3 nitrogen and oxygen atoms in total. The second-order valence-electron chi connectivity index (χ2n) is 5.15. The summed E-state index contributed by atoms with van der Waals surface area (Å²) in [6.45, 7) is 6.84. The molecule has 0 aromatic heterocycles. The van der Waals surface area contributed by atoms with Crippen LogP contribution in [0.4, 0.5) is 0 Å². The largest absolute Gasteiger partial charge is 0.494 e. The van der Waals surface area contributed by atoms with E-state index in [0.29, 0.717) is 6.61 Å². The second-order valence-corrected chi connectivity index (χ2v) is 5.15. The van der Waals surface area contributed by atoms with Gasteiger partial charge in [0.15, 0.2) is 0 Å². The molecule has 0 radical (unpaired) electrons. The van der Waals surface area contributed by atoms with Gasteiger partial charge in [-0.1, -0.05) is 0 Å². The predicted molar refractivity (Wildman–Crippen MR) is 73.4 cm³/mol. The minimum Gasteiger partial charge on any atom is -0.494 e. The van der Waals surface area contributed by atoms with Crippen molar-refractivity contribution in [3.63, 3.8) is 0 Å². The molecule has 3 heteroatoms. The van der Waals surface area contributed by atoms with Gasteiger partial charge in [0.05, 0.1) is 6.61 Å². The number of rotatable bonds is 5. The van der Waals surface area contributed by atoms with E-state index in [4.69, 9.17) is 15.2 Å². The summed E-state index contributed by atoms with van der Waals surface area (Å²) in [4.78, 5) is 0. The van der Waals surface area contributed by atoms with Crippen molar-refractivity contribution in [1.29, 1.82) is 0 Å². The van der Waals surface area contributed by atoms with E-state index >= 15 is 0 Å². The summed E-state index contributed by atoms with van der Waals surface area (Å²) < 4.78 is 11.5. The Morgan fingerprint density at radius 1 is 1.50 bits per heavy atom. The monoisotopic (exact) mass is 249 g/mol. The number of ether oxygens (including phenoxy) is 2. The van der Waals surface area contributed by atoms with E-state index in [2.05, 4.69) is 19.1 Å². The zero-order valence-electron chi connectivity index (χ0n) is 11.5. The molecule has 1 aromatic rings. The summed E-state index contributed by atoms with van der Waals surface area (Å²) >= 11 is 0. The molecule has 1 heterocycles. The van der Waals surface area contributed by atoms with Crippen LogP contribution in [0.1, 0.15) is 38.3 Å². The number of hydrogen-bond donors (Lipinski definition) is 1. The lowest BCUT2D eigenvalue weighted by Crippen LogP contribution is -2.15. The van der Waals surface area contributed by atoms with Gasteiger partial charge >= 0.3 is 0 Å². The topological polar surface area (TPSA) is 44.5 Å². The van der Waals surface area contributed by atoms with Gasteiger partial charge in [-0.15, -0.1) is 0 Å². The number of benzene rings is 1. The van der Waals surface area contributed by atoms with Crippen LogP contribution in [0.2, 0.25) is 0 Å². The van der Waals surface area contributed by atoms with Crippen molar-refractivity contribution in [2.24, 2.45) is 5.73 Å². The van der Waals surface area contributed by atoms with Gasteiger partial charge < -0.3 is 15.2 Å². The highest BCUT2D eigenvalue weighted by Gasteiger charge is 2.21. The first kappa shape index (κ1) is 13.2. The molecular weight excluding hydrogens is 226 g/mol. The van der Waals surface area contributed by atoms with Gasteiger partial charge in [-0.25, -0.2) is 0 Å². The van der Waals surface area contributed by atoms with E-state index in [9.17, 15) is 0 Å². The Morgan fingerprint density at radius 3 is 2.94 bits per heavy atom. The first-order valence-corrected chi connectivity index (χ1v) is 6.81. The molecule has 18 heavy (non-hydrogen) atoms. The van der Waals surface area contributed by atoms with Gasteiger partial charge in [-0.3, -0.25) is 0 Å². The van der Waals surface area contributed by atoms with E-state index < -0.39 is 0 Å². The molecule has 0 fully saturated rings. The van der Waals surface area contributed by atoms with Gasteiger partial charge in [0.1, 0.15) is 17.6 Å². The molecule has 2 N–H and O–H groups in total. The molecular formula is C15H23NO2. The van der Waals surface area contributed by atoms with E-state index in [1.54, 1.807) is 0 Å². The van der Waals surface area contributed by atoms with Crippen molar-refractivity contribution >= 4 is 0 Å². The summed E-state index contributed by atoms with van der Waals surface area (Å²) in [6, 6.07) is 4.48. The lowest BCUT2D eigenvalue weighted by molar-refractivity contribution is 0.254. The van der Waals surface area contributed by atoms with Crippen molar-refractivity contribution in [2.75, 3.05) is 6.61 Å². The molecule has 0 bridgehead atoms. The summed E-state index contributed by atoms with van der Waals surface area (Å²) in [5, 5.41) is 0. The van der Waals surface area contributed by atoms with Crippen molar-refractivity contribution in [2.45, 2.75) is 52.2 Å². The molecule has 100 valence electrons. The normalized spacial score (nSPS) is 19.2. The molecule has 0 saturated heterocycles. The Kier molecular flexibility index (Phi) is 4.12. The quantitative estimate of drug-likeness (QED) is 0.872. The number of hydrogen-bond acceptors (Lipinski definition) is 3. The molecule has 1 aliphatic heterocycles. The zero-order chi connectivity index (χ0) is 13.1. The molecule has 1 aromatic carbocycles. The number of fused-ring (bicyclic) bond motifs is 1. The summed E-state index contributed by atoms with van der Waals surface area (Å²) in [5.41, 5.74) is 8.30. The fourth-order valence-corrected chi connectivity index (χ4v) is 2.35. The highest BCUT2D eigenvalue weighted by Crippen LogP contribution is 2.35. The van der Waals surface area contributed by atoms with E-state index in [0.717, 1.165) is 30.8 Å². The SMILES string of the molecule is CCOc1cc2c(cc1CCC(C)N)OC(C)C2. The molecule has 0 saturated carbocycles. The van der Waals surface area contributed by atoms with Crippen LogP contribution in [0, 0.1) is 0 Å². The summed E-state index contributed by atoms with van der Waals surface area (Å²) in [6.07, 6.45) is 3.16. The smallest absolute Gasteiger partial charge is 0.123 e. The maximum Gasteiger partial charge on any atom is 0.123 e.